The lowest BCUT2D eigenvalue weighted by Crippen LogP contribution is -2.19. The first kappa shape index (κ1) is 28.4. The lowest BCUT2D eigenvalue weighted by atomic mass is 10.1. The van der Waals surface area contributed by atoms with E-state index in [-0.39, 0.29) is 18.2 Å². The Morgan fingerprint density at radius 1 is 0.821 bits per heavy atom. The van der Waals surface area contributed by atoms with E-state index in [9.17, 15) is 9.59 Å². The van der Waals surface area contributed by atoms with Crippen LogP contribution in [0.15, 0.2) is 95.9 Å². The minimum absolute atomic E-state index is 0.152. The summed E-state index contributed by atoms with van der Waals surface area (Å²) in [6, 6.07) is 27.2. The molecule has 4 aromatic rings. The van der Waals surface area contributed by atoms with E-state index >= 15 is 0 Å². The van der Waals surface area contributed by atoms with Crippen LogP contribution in [0.3, 0.4) is 0 Å². The van der Waals surface area contributed by atoms with Gasteiger partial charge in [-0.3, -0.25) is 9.59 Å². The maximum Gasteiger partial charge on any atom is 0.242 e. The highest BCUT2D eigenvalue weighted by Gasteiger charge is 2.24. The highest BCUT2D eigenvalue weighted by Crippen LogP contribution is 2.40. The summed E-state index contributed by atoms with van der Waals surface area (Å²) in [4.78, 5) is 27.0. The summed E-state index contributed by atoms with van der Waals surface area (Å²) in [5, 5.41) is 6.24. The lowest BCUT2D eigenvalue weighted by Gasteiger charge is -2.19. The number of thioether (sulfide) groups is 1. The third-order valence-corrected chi connectivity index (χ3v) is 7.52. The van der Waals surface area contributed by atoms with Gasteiger partial charge >= 0.3 is 0 Å². The van der Waals surface area contributed by atoms with Crippen molar-refractivity contribution in [2.24, 2.45) is 0 Å². The molecule has 0 spiro atoms. The van der Waals surface area contributed by atoms with Gasteiger partial charge in [-0.15, -0.1) is 11.8 Å². The number of amides is 2. The largest absolute Gasteiger partial charge is 0.495 e. The van der Waals surface area contributed by atoms with E-state index in [1.54, 1.807) is 24.3 Å². The van der Waals surface area contributed by atoms with E-state index in [0.717, 1.165) is 16.0 Å². The van der Waals surface area contributed by atoms with Crippen LogP contribution in [-0.2, 0) is 16.0 Å². The summed E-state index contributed by atoms with van der Waals surface area (Å²) in [5.41, 5.74) is 2.74. The van der Waals surface area contributed by atoms with Gasteiger partial charge < -0.3 is 20.1 Å². The Balaban J connectivity index is 1.53. The normalized spacial score (nSPS) is 11.4. The Kier molecular flexibility index (Phi) is 9.76. The molecule has 4 rings (SSSR count). The van der Waals surface area contributed by atoms with Gasteiger partial charge in [0.2, 0.25) is 11.8 Å². The Bertz CT molecular complexity index is 1450. The Hall–Kier alpha value is -3.65. The van der Waals surface area contributed by atoms with E-state index < -0.39 is 5.25 Å². The predicted molar refractivity (Wildman–Crippen MR) is 158 cm³/mol. The van der Waals surface area contributed by atoms with Gasteiger partial charge in [-0.25, -0.2) is 0 Å². The van der Waals surface area contributed by atoms with Crippen LogP contribution in [0, 0.1) is 0 Å². The first-order chi connectivity index (χ1) is 18.9. The summed E-state index contributed by atoms with van der Waals surface area (Å²) < 4.78 is 10.7. The van der Waals surface area contributed by atoms with E-state index in [1.807, 2.05) is 66.7 Å². The Morgan fingerprint density at radius 2 is 1.54 bits per heavy atom. The minimum Gasteiger partial charge on any atom is -0.495 e. The molecular formula is C30H26Cl2N2O4S. The number of anilines is 2. The average Bonchev–Trinajstić information content (AvgIpc) is 2.94. The topological polar surface area (TPSA) is 76.7 Å². The quantitative estimate of drug-likeness (QED) is 0.188. The highest BCUT2D eigenvalue weighted by atomic mass is 35.5. The molecule has 4 aromatic carbocycles. The summed E-state index contributed by atoms with van der Waals surface area (Å²) >= 11 is 13.6. The van der Waals surface area contributed by atoms with Gasteiger partial charge in [0, 0.05) is 21.7 Å². The summed E-state index contributed by atoms with van der Waals surface area (Å²) in [5.74, 6) is 0.449. The molecule has 0 saturated carbocycles. The molecule has 0 aliphatic rings. The zero-order valence-electron chi connectivity index (χ0n) is 21.2. The molecular weight excluding hydrogens is 555 g/mol. The maximum absolute atomic E-state index is 13.6. The smallest absolute Gasteiger partial charge is 0.242 e. The third-order valence-electron chi connectivity index (χ3n) is 5.72. The summed E-state index contributed by atoms with van der Waals surface area (Å²) in [6.07, 6.45) is 0.218. The third kappa shape index (κ3) is 7.69. The molecule has 2 N–H and O–H groups in total. The number of rotatable bonds is 10. The highest BCUT2D eigenvalue weighted by molar-refractivity contribution is 8.00. The van der Waals surface area contributed by atoms with Gasteiger partial charge in [-0.1, -0.05) is 71.7 Å². The lowest BCUT2D eigenvalue weighted by molar-refractivity contribution is -0.116. The zero-order valence-corrected chi connectivity index (χ0v) is 23.6. The predicted octanol–water partition coefficient (Wildman–Crippen LogP) is 7.66. The fraction of sp³-hybridized carbons (Fsp3) is 0.133. The van der Waals surface area contributed by atoms with Crippen molar-refractivity contribution in [3.8, 4) is 11.5 Å². The number of methoxy groups -OCH3 is 2. The SMILES string of the molecule is COc1cc(OC)c(NC(=O)C(Sc2cccc(NC(=O)Cc3ccc(Cl)cc3)c2)c2ccccc2)cc1Cl. The van der Waals surface area contributed by atoms with E-state index in [2.05, 4.69) is 10.6 Å². The fourth-order valence-electron chi connectivity index (χ4n) is 3.83. The molecule has 0 fully saturated rings. The number of carbonyl (C=O) groups excluding carboxylic acids is 2. The summed E-state index contributed by atoms with van der Waals surface area (Å²) in [7, 11) is 3.02. The monoisotopic (exact) mass is 580 g/mol. The van der Waals surface area contributed by atoms with Crippen molar-refractivity contribution in [3.63, 3.8) is 0 Å². The van der Waals surface area contributed by atoms with Crippen LogP contribution in [0.1, 0.15) is 16.4 Å². The van der Waals surface area contributed by atoms with Crippen LogP contribution >= 0.6 is 35.0 Å². The summed E-state index contributed by atoms with van der Waals surface area (Å²) in [6.45, 7) is 0. The molecule has 0 aromatic heterocycles. The van der Waals surface area contributed by atoms with Crippen molar-refractivity contribution in [2.75, 3.05) is 24.9 Å². The average molecular weight is 582 g/mol. The molecule has 0 radical (unpaired) electrons. The Morgan fingerprint density at radius 3 is 2.23 bits per heavy atom. The van der Waals surface area contributed by atoms with Gasteiger partial charge in [-0.05, 0) is 47.5 Å². The van der Waals surface area contributed by atoms with E-state index in [4.69, 9.17) is 32.7 Å². The molecule has 6 nitrogen and oxygen atoms in total. The van der Waals surface area contributed by atoms with Gasteiger partial charge in [0.05, 0.1) is 31.4 Å². The van der Waals surface area contributed by atoms with Gasteiger partial charge in [-0.2, -0.15) is 0 Å². The first-order valence-electron chi connectivity index (χ1n) is 11.9. The van der Waals surface area contributed by atoms with Crippen molar-refractivity contribution in [1.29, 1.82) is 0 Å². The van der Waals surface area contributed by atoms with Gasteiger partial charge in [0.25, 0.3) is 0 Å². The van der Waals surface area contributed by atoms with Crippen molar-refractivity contribution in [2.45, 2.75) is 16.6 Å². The van der Waals surface area contributed by atoms with Crippen LogP contribution in [0.25, 0.3) is 0 Å². The molecule has 39 heavy (non-hydrogen) atoms. The van der Waals surface area contributed by atoms with Crippen LogP contribution in [0.2, 0.25) is 10.0 Å². The number of carbonyl (C=O) groups is 2. The second kappa shape index (κ2) is 13.4. The van der Waals surface area contributed by atoms with E-state index in [1.165, 1.54) is 26.0 Å². The number of benzene rings is 4. The number of hydrogen-bond acceptors (Lipinski definition) is 5. The van der Waals surface area contributed by atoms with E-state index in [0.29, 0.717) is 32.9 Å². The molecule has 0 heterocycles. The standard InChI is InChI=1S/C30H26Cl2N2O4S/c1-37-26-18-27(38-2)25(17-24(26)32)34-30(36)29(20-7-4-3-5-8-20)39-23-10-6-9-22(16-23)33-28(35)15-19-11-13-21(31)14-12-19/h3-14,16-18,29H,15H2,1-2H3,(H,33,35)(H,34,36). The number of ether oxygens (including phenoxy) is 2. The maximum atomic E-state index is 13.6. The second-order valence-corrected chi connectivity index (χ2v) is 10.5. The molecule has 0 saturated heterocycles. The van der Waals surface area contributed by atoms with Crippen LogP contribution in [0.4, 0.5) is 11.4 Å². The van der Waals surface area contributed by atoms with Crippen molar-refractivity contribution >= 4 is 58.2 Å². The number of hydrogen-bond donors (Lipinski definition) is 2. The van der Waals surface area contributed by atoms with Crippen LogP contribution in [-0.4, -0.2) is 26.0 Å². The molecule has 0 bridgehead atoms. The molecule has 1 unspecified atom stereocenters. The molecule has 200 valence electrons. The van der Waals surface area contributed by atoms with Crippen molar-refractivity contribution in [1.82, 2.24) is 0 Å². The zero-order chi connectivity index (χ0) is 27.8. The van der Waals surface area contributed by atoms with Gasteiger partial charge in [0.1, 0.15) is 16.7 Å². The molecule has 9 heteroatoms. The molecule has 2 amide bonds. The molecule has 0 aliphatic heterocycles. The minimum atomic E-state index is -0.600. The van der Waals surface area contributed by atoms with Crippen LogP contribution < -0.4 is 20.1 Å². The van der Waals surface area contributed by atoms with Gasteiger partial charge in [0.15, 0.2) is 0 Å². The molecule has 0 aliphatic carbocycles. The number of nitrogens with one attached hydrogen (secondary N) is 2. The van der Waals surface area contributed by atoms with Crippen molar-refractivity contribution in [3.05, 3.63) is 112 Å². The van der Waals surface area contributed by atoms with Crippen molar-refractivity contribution < 1.29 is 19.1 Å². The first-order valence-corrected chi connectivity index (χ1v) is 13.6. The molecule has 1 atom stereocenters. The second-order valence-electron chi connectivity index (χ2n) is 8.46. The Labute approximate surface area is 241 Å². The number of halogens is 2. The fourth-order valence-corrected chi connectivity index (χ4v) is 5.28. The van der Waals surface area contributed by atoms with Crippen LogP contribution in [0.5, 0.6) is 11.5 Å².